The Morgan fingerprint density at radius 2 is 2.00 bits per heavy atom. The molecule has 11 heteroatoms. The van der Waals surface area contributed by atoms with Crippen LogP contribution in [0.3, 0.4) is 0 Å². The van der Waals surface area contributed by atoms with Crippen molar-refractivity contribution in [2.24, 2.45) is 7.05 Å². The van der Waals surface area contributed by atoms with E-state index in [2.05, 4.69) is 20.5 Å². The van der Waals surface area contributed by atoms with E-state index >= 15 is 0 Å². The van der Waals surface area contributed by atoms with Crippen molar-refractivity contribution in [3.8, 4) is 5.75 Å². The number of amides is 1. The van der Waals surface area contributed by atoms with Crippen molar-refractivity contribution in [1.29, 1.82) is 0 Å². The van der Waals surface area contributed by atoms with Crippen molar-refractivity contribution >= 4 is 5.91 Å². The first-order valence-corrected chi connectivity index (χ1v) is 8.34. The number of carbonyl (C=O) groups excluding carboxylic acids is 1. The highest BCUT2D eigenvalue weighted by Gasteiger charge is 2.34. The Bertz CT molecular complexity index is 1020. The number of methoxy groups -OCH3 is 1. The summed E-state index contributed by atoms with van der Waals surface area (Å²) in [6, 6.07) is 1.37. The van der Waals surface area contributed by atoms with E-state index in [-0.39, 0.29) is 23.3 Å². The molecule has 0 N–H and O–H groups in total. The minimum Gasteiger partial charge on any atom is -0.496 e. The molecule has 11 nitrogen and oxygen atoms in total. The standard InChI is InChI=1S/C16H18N8O3/c1-21-10-13(14(27-2)5-15(21)25)16(26)22-8-12(9-22)23-6-11(19-20-23)7-24-17-3-4-18-24/h3-6,10,12H,7-9H2,1-2H3. The quantitative estimate of drug-likeness (QED) is 0.585. The molecule has 0 bridgehead atoms. The van der Waals surface area contributed by atoms with Gasteiger partial charge in [0, 0.05) is 32.4 Å². The van der Waals surface area contributed by atoms with Crippen LogP contribution >= 0.6 is 0 Å². The van der Waals surface area contributed by atoms with E-state index in [0.717, 1.165) is 5.69 Å². The van der Waals surface area contributed by atoms with Gasteiger partial charge in [0.2, 0.25) is 0 Å². The maximum absolute atomic E-state index is 12.7. The Hall–Kier alpha value is -3.50. The van der Waals surface area contributed by atoms with E-state index < -0.39 is 0 Å². The monoisotopic (exact) mass is 370 g/mol. The molecule has 3 aromatic rings. The van der Waals surface area contributed by atoms with Gasteiger partial charge in [-0.05, 0) is 0 Å². The molecule has 0 saturated carbocycles. The number of hydrogen-bond acceptors (Lipinski definition) is 7. The molecule has 0 spiro atoms. The lowest BCUT2D eigenvalue weighted by Crippen LogP contribution is -2.51. The summed E-state index contributed by atoms with van der Waals surface area (Å²) in [7, 11) is 3.04. The van der Waals surface area contributed by atoms with E-state index in [4.69, 9.17) is 4.74 Å². The topological polar surface area (TPSA) is 113 Å². The number of aromatic nitrogens is 7. The molecule has 0 aliphatic carbocycles. The second-order valence-corrected chi connectivity index (χ2v) is 6.32. The van der Waals surface area contributed by atoms with Gasteiger partial charge in [-0.2, -0.15) is 15.0 Å². The Labute approximate surface area is 153 Å². The summed E-state index contributed by atoms with van der Waals surface area (Å²) in [5.74, 6) is 0.0982. The molecular formula is C16H18N8O3. The lowest BCUT2D eigenvalue weighted by molar-refractivity contribution is 0.0494. The van der Waals surface area contributed by atoms with Gasteiger partial charge in [-0.3, -0.25) is 9.59 Å². The van der Waals surface area contributed by atoms with Crippen molar-refractivity contribution in [2.75, 3.05) is 20.2 Å². The van der Waals surface area contributed by atoms with Gasteiger partial charge in [-0.1, -0.05) is 5.21 Å². The molecule has 4 heterocycles. The van der Waals surface area contributed by atoms with Crippen molar-refractivity contribution in [2.45, 2.75) is 12.6 Å². The number of hydrogen-bond donors (Lipinski definition) is 0. The minimum absolute atomic E-state index is 0.0549. The molecule has 1 aliphatic rings. The van der Waals surface area contributed by atoms with Crippen LogP contribution in [0.5, 0.6) is 5.75 Å². The summed E-state index contributed by atoms with van der Waals surface area (Å²) in [5, 5.41) is 16.3. The van der Waals surface area contributed by atoms with Crippen LogP contribution in [0, 0.1) is 0 Å². The van der Waals surface area contributed by atoms with Crippen LogP contribution in [0.1, 0.15) is 22.1 Å². The summed E-state index contributed by atoms with van der Waals surface area (Å²) < 4.78 is 8.29. The highest BCUT2D eigenvalue weighted by atomic mass is 16.5. The summed E-state index contributed by atoms with van der Waals surface area (Å²) in [5.41, 5.74) is 0.879. The normalized spacial score (nSPS) is 14.2. The Kier molecular flexibility index (Phi) is 4.18. The van der Waals surface area contributed by atoms with Crippen molar-refractivity contribution < 1.29 is 9.53 Å². The number of carbonyl (C=O) groups is 1. The summed E-state index contributed by atoms with van der Waals surface area (Å²) in [4.78, 5) is 27.6. The average Bonchev–Trinajstić information content (AvgIpc) is 3.28. The molecule has 1 aliphatic heterocycles. The van der Waals surface area contributed by atoms with Gasteiger partial charge in [0.25, 0.3) is 11.5 Å². The summed E-state index contributed by atoms with van der Waals surface area (Å²) >= 11 is 0. The molecule has 0 radical (unpaired) electrons. The first kappa shape index (κ1) is 16.9. The molecule has 3 aromatic heterocycles. The third-order valence-electron chi connectivity index (χ3n) is 4.49. The van der Waals surface area contributed by atoms with Crippen LogP contribution in [0.2, 0.25) is 0 Å². The van der Waals surface area contributed by atoms with Gasteiger partial charge in [0.15, 0.2) is 0 Å². The van der Waals surface area contributed by atoms with Crippen LogP contribution < -0.4 is 10.3 Å². The summed E-state index contributed by atoms with van der Waals surface area (Å²) in [6.45, 7) is 1.46. The van der Waals surface area contributed by atoms with Gasteiger partial charge >= 0.3 is 0 Å². The van der Waals surface area contributed by atoms with Crippen LogP contribution in [-0.4, -0.2) is 65.6 Å². The number of pyridine rings is 1. The second-order valence-electron chi connectivity index (χ2n) is 6.32. The van der Waals surface area contributed by atoms with E-state index in [1.807, 2.05) is 6.20 Å². The molecule has 1 fully saturated rings. The smallest absolute Gasteiger partial charge is 0.259 e. The maximum Gasteiger partial charge on any atom is 0.259 e. The van der Waals surface area contributed by atoms with E-state index in [0.29, 0.717) is 25.2 Å². The molecule has 0 unspecified atom stereocenters. The molecule has 1 saturated heterocycles. The maximum atomic E-state index is 12.7. The van der Waals surface area contributed by atoms with E-state index in [1.54, 1.807) is 29.0 Å². The first-order valence-electron chi connectivity index (χ1n) is 8.34. The molecule has 27 heavy (non-hydrogen) atoms. The minimum atomic E-state index is -0.230. The zero-order valence-electron chi connectivity index (χ0n) is 14.9. The van der Waals surface area contributed by atoms with Gasteiger partial charge in [-0.15, -0.1) is 5.10 Å². The summed E-state index contributed by atoms with van der Waals surface area (Å²) in [6.07, 6.45) is 6.55. The van der Waals surface area contributed by atoms with Crippen molar-refractivity contribution in [3.63, 3.8) is 0 Å². The number of nitrogens with zero attached hydrogens (tertiary/aromatic N) is 8. The lowest BCUT2D eigenvalue weighted by Gasteiger charge is -2.39. The van der Waals surface area contributed by atoms with Crippen LogP contribution in [-0.2, 0) is 13.6 Å². The molecule has 4 rings (SSSR count). The van der Waals surface area contributed by atoms with Crippen molar-refractivity contribution in [1.82, 2.24) is 39.5 Å². The van der Waals surface area contributed by atoms with Gasteiger partial charge in [0.05, 0.1) is 37.3 Å². The number of ether oxygens (including phenoxy) is 1. The van der Waals surface area contributed by atoms with Crippen LogP contribution in [0.15, 0.2) is 35.6 Å². The highest BCUT2D eigenvalue weighted by molar-refractivity contribution is 5.97. The molecule has 0 aromatic carbocycles. The Morgan fingerprint density at radius 3 is 2.70 bits per heavy atom. The molecule has 140 valence electrons. The third kappa shape index (κ3) is 3.18. The Morgan fingerprint density at radius 1 is 1.26 bits per heavy atom. The SMILES string of the molecule is COc1cc(=O)n(C)cc1C(=O)N1CC(n2cc(Cn3nccn3)nn2)C1. The fourth-order valence-electron chi connectivity index (χ4n) is 2.94. The molecule has 0 atom stereocenters. The number of rotatable bonds is 5. The van der Waals surface area contributed by atoms with Gasteiger partial charge < -0.3 is 14.2 Å². The third-order valence-corrected chi connectivity index (χ3v) is 4.49. The fraction of sp³-hybridized carbons (Fsp3) is 0.375. The Balaban J connectivity index is 1.42. The largest absolute Gasteiger partial charge is 0.496 e. The van der Waals surface area contributed by atoms with E-state index in [1.165, 1.54) is 28.7 Å². The molecular weight excluding hydrogens is 352 g/mol. The van der Waals surface area contributed by atoms with Crippen molar-refractivity contribution in [3.05, 3.63) is 52.5 Å². The first-order chi connectivity index (χ1) is 13.0. The second kappa shape index (κ2) is 6.67. The van der Waals surface area contributed by atoms with Gasteiger partial charge in [0.1, 0.15) is 18.0 Å². The van der Waals surface area contributed by atoms with Crippen LogP contribution in [0.25, 0.3) is 0 Å². The zero-order chi connectivity index (χ0) is 19.0. The van der Waals surface area contributed by atoms with Crippen LogP contribution in [0.4, 0.5) is 0 Å². The highest BCUT2D eigenvalue weighted by Crippen LogP contribution is 2.25. The predicted molar refractivity (Wildman–Crippen MR) is 92.3 cm³/mol. The lowest BCUT2D eigenvalue weighted by atomic mass is 10.1. The molecule has 1 amide bonds. The average molecular weight is 370 g/mol. The number of aryl methyl sites for hydroxylation is 1. The van der Waals surface area contributed by atoms with E-state index in [9.17, 15) is 9.59 Å². The fourth-order valence-corrected chi connectivity index (χ4v) is 2.94. The predicted octanol–water partition coefficient (Wildman–Crippen LogP) is -0.678. The van der Waals surface area contributed by atoms with Gasteiger partial charge in [-0.25, -0.2) is 4.68 Å². The number of likely N-dealkylation sites (tertiary alicyclic amines) is 1. The zero-order valence-corrected chi connectivity index (χ0v) is 14.9.